The lowest BCUT2D eigenvalue weighted by atomic mass is 9.77. The van der Waals surface area contributed by atoms with E-state index < -0.39 is 0 Å². The Labute approximate surface area is 195 Å². The first-order chi connectivity index (χ1) is 16.0. The second kappa shape index (κ2) is 9.69. The third-order valence-corrected chi connectivity index (χ3v) is 6.69. The van der Waals surface area contributed by atoms with Crippen LogP contribution in [0.25, 0.3) is 0 Å². The molecular weight excluding hydrogens is 416 g/mol. The van der Waals surface area contributed by atoms with E-state index in [0.29, 0.717) is 30.0 Å². The fraction of sp³-hybridized carbons (Fsp3) is 0.407. The fourth-order valence-corrected chi connectivity index (χ4v) is 5.00. The molecule has 1 aliphatic heterocycles. The third-order valence-electron chi connectivity index (χ3n) is 6.69. The third kappa shape index (κ3) is 4.34. The molecule has 4 rings (SSSR count). The number of carbonyl (C=O) groups is 2. The van der Waals surface area contributed by atoms with Crippen LogP contribution < -0.4 is 19.3 Å². The zero-order chi connectivity index (χ0) is 23.5. The Morgan fingerprint density at radius 3 is 2.15 bits per heavy atom. The number of anilines is 2. The molecule has 2 aromatic rings. The largest absolute Gasteiger partial charge is 0.497 e. The van der Waals surface area contributed by atoms with Crippen LogP contribution >= 0.6 is 0 Å². The van der Waals surface area contributed by atoms with Crippen LogP contribution in [0, 0.1) is 0 Å². The van der Waals surface area contributed by atoms with Gasteiger partial charge in [0.1, 0.15) is 11.5 Å². The zero-order valence-corrected chi connectivity index (χ0v) is 19.9. The van der Waals surface area contributed by atoms with Crippen molar-refractivity contribution in [1.82, 2.24) is 0 Å². The van der Waals surface area contributed by atoms with Crippen LogP contribution in [0.15, 0.2) is 53.7 Å². The second-order valence-corrected chi connectivity index (χ2v) is 8.46. The highest BCUT2D eigenvalue weighted by Gasteiger charge is 2.40. The van der Waals surface area contributed by atoms with Gasteiger partial charge in [-0.05, 0) is 44.4 Å². The van der Waals surface area contributed by atoms with Crippen LogP contribution in [0.2, 0.25) is 0 Å². The van der Waals surface area contributed by atoms with E-state index in [2.05, 4.69) is 43.0 Å². The molecule has 0 bridgehead atoms. The molecule has 1 unspecified atom stereocenters. The summed E-state index contributed by atoms with van der Waals surface area (Å²) in [5.74, 6) is 1.12. The molecule has 0 N–H and O–H groups in total. The normalized spacial score (nSPS) is 18.3. The van der Waals surface area contributed by atoms with Crippen molar-refractivity contribution in [3.05, 3.63) is 59.3 Å². The van der Waals surface area contributed by atoms with Gasteiger partial charge in [0.2, 0.25) is 5.91 Å². The van der Waals surface area contributed by atoms with Gasteiger partial charge >= 0.3 is 0 Å². The van der Waals surface area contributed by atoms with E-state index in [0.717, 1.165) is 42.0 Å². The summed E-state index contributed by atoms with van der Waals surface area (Å²) in [5, 5.41) is 0. The number of rotatable bonds is 7. The molecule has 33 heavy (non-hydrogen) atoms. The lowest BCUT2D eigenvalue weighted by molar-refractivity contribution is -0.119. The quantitative estimate of drug-likeness (QED) is 0.591. The molecule has 6 nitrogen and oxygen atoms in total. The highest BCUT2D eigenvalue weighted by molar-refractivity contribution is 6.07. The lowest BCUT2D eigenvalue weighted by Gasteiger charge is -2.38. The van der Waals surface area contributed by atoms with Gasteiger partial charge in [0.15, 0.2) is 5.78 Å². The van der Waals surface area contributed by atoms with E-state index in [1.54, 1.807) is 25.2 Å². The summed E-state index contributed by atoms with van der Waals surface area (Å²) >= 11 is 0. The first-order valence-electron chi connectivity index (χ1n) is 11.7. The van der Waals surface area contributed by atoms with Gasteiger partial charge < -0.3 is 14.4 Å². The number of ketones is 1. The zero-order valence-electron chi connectivity index (χ0n) is 19.9. The van der Waals surface area contributed by atoms with Crippen molar-refractivity contribution in [1.29, 1.82) is 0 Å². The van der Waals surface area contributed by atoms with Crippen LogP contribution in [0.5, 0.6) is 11.5 Å². The molecule has 0 spiro atoms. The molecule has 1 atom stereocenters. The van der Waals surface area contributed by atoms with E-state index in [1.165, 1.54) is 0 Å². The van der Waals surface area contributed by atoms with Gasteiger partial charge in [-0.1, -0.05) is 12.1 Å². The van der Waals surface area contributed by atoms with E-state index in [-0.39, 0.29) is 24.0 Å². The van der Waals surface area contributed by atoms with Gasteiger partial charge in [0.25, 0.3) is 0 Å². The number of methoxy groups -OCH3 is 2. The fourth-order valence-electron chi connectivity index (χ4n) is 5.00. The average molecular weight is 449 g/mol. The molecule has 1 amide bonds. The summed E-state index contributed by atoms with van der Waals surface area (Å²) in [6, 6.07) is 13.8. The highest BCUT2D eigenvalue weighted by Crippen LogP contribution is 2.44. The number of carbonyl (C=O) groups excluding carboxylic acids is 2. The maximum absolute atomic E-state index is 13.5. The molecule has 174 valence electrons. The van der Waals surface area contributed by atoms with E-state index in [9.17, 15) is 9.59 Å². The van der Waals surface area contributed by atoms with Crippen molar-refractivity contribution < 1.29 is 19.1 Å². The number of benzene rings is 2. The summed E-state index contributed by atoms with van der Waals surface area (Å²) in [5.41, 5.74) is 4.44. The van der Waals surface area contributed by atoms with Gasteiger partial charge in [-0.3, -0.25) is 14.5 Å². The van der Waals surface area contributed by atoms with Crippen molar-refractivity contribution in [3.8, 4) is 11.5 Å². The van der Waals surface area contributed by atoms with Crippen molar-refractivity contribution in [2.75, 3.05) is 37.1 Å². The van der Waals surface area contributed by atoms with E-state index in [1.807, 2.05) is 12.1 Å². The number of Topliss-reactive ketones (excluding diaryl/α,β-unsaturated/α-hetero) is 1. The molecule has 1 aliphatic carbocycles. The van der Waals surface area contributed by atoms with Crippen LogP contribution in [0.3, 0.4) is 0 Å². The summed E-state index contributed by atoms with van der Waals surface area (Å²) < 4.78 is 10.8. The van der Waals surface area contributed by atoms with Crippen LogP contribution in [0.4, 0.5) is 11.4 Å². The lowest BCUT2D eigenvalue weighted by Crippen LogP contribution is -2.40. The standard InChI is InChI=1S/C27H32N2O4/c1-5-28(6-2)19-12-10-18(11-13-19)23-17-26(31)29(24-8-7-9-25(30)27(23)24)20-14-21(32-3)16-22(15-20)33-4/h10-16,23H,5-9,17H2,1-4H3. The summed E-state index contributed by atoms with van der Waals surface area (Å²) in [7, 11) is 3.17. The van der Waals surface area contributed by atoms with Crippen LogP contribution in [-0.2, 0) is 9.59 Å². The van der Waals surface area contributed by atoms with Crippen molar-refractivity contribution in [2.24, 2.45) is 0 Å². The number of amides is 1. The van der Waals surface area contributed by atoms with Crippen molar-refractivity contribution in [3.63, 3.8) is 0 Å². The monoisotopic (exact) mass is 448 g/mol. The van der Waals surface area contributed by atoms with Gasteiger partial charge in [0, 0.05) is 67.0 Å². The maximum atomic E-state index is 13.5. The minimum Gasteiger partial charge on any atom is -0.497 e. The number of ether oxygens (including phenoxy) is 2. The summed E-state index contributed by atoms with van der Waals surface area (Å²) in [6.45, 7) is 6.14. The second-order valence-electron chi connectivity index (χ2n) is 8.46. The molecule has 0 saturated carbocycles. The van der Waals surface area contributed by atoms with Gasteiger partial charge in [-0.2, -0.15) is 0 Å². The molecule has 0 aromatic heterocycles. The Hall–Kier alpha value is -3.28. The molecule has 0 saturated heterocycles. The SMILES string of the molecule is CCN(CC)c1ccc(C2CC(=O)N(c3cc(OC)cc(OC)c3)C3=C2C(=O)CCC3)cc1. The predicted molar refractivity (Wildman–Crippen MR) is 130 cm³/mol. The predicted octanol–water partition coefficient (Wildman–Crippen LogP) is 5.08. The Balaban J connectivity index is 1.78. The van der Waals surface area contributed by atoms with Crippen LogP contribution in [-0.4, -0.2) is 39.0 Å². The van der Waals surface area contributed by atoms with Crippen LogP contribution in [0.1, 0.15) is 51.0 Å². The van der Waals surface area contributed by atoms with Gasteiger partial charge in [0.05, 0.1) is 19.9 Å². The number of hydrogen-bond acceptors (Lipinski definition) is 5. The van der Waals surface area contributed by atoms with Crippen molar-refractivity contribution in [2.45, 2.75) is 45.4 Å². The number of nitrogens with zero attached hydrogens (tertiary/aromatic N) is 2. The van der Waals surface area contributed by atoms with Gasteiger partial charge in [-0.25, -0.2) is 0 Å². The van der Waals surface area contributed by atoms with E-state index >= 15 is 0 Å². The Morgan fingerprint density at radius 1 is 0.939 bits per heavy atom. The molecule has 2 aromatic carbocycles. The minimum absolute atomic E-state index is 0.0171. The average Bonchev–Trinajstić information content (AvgIpc) is 2.84. The molecular formula is C27H32N2O4. The first-order valence-corrected chi connectivity index (χ1v) is 11.7. The highest BCUT2D eigenvalue weighted by atomic mass is 16.5. The summed E-state index contributed by atoms with van der Waals surface area (Å²) in [6.07, 6.45) is 2.22. The molecule has 2 aliphatic rings. The Bertz CT molecular complexity index is 1050. The molecule has 0 radical (unpaired) electrons. The Kier molecular flexibility index (Phi) is 6.72. The molecule has 1 heterocycles. The van der Waals surface area contributed by atoms with Crippen molar-refractivity contribution >= 4 is 23.1 Å². The smallest absolute Gasteiger partial charge is 0.232 e. The topological polar surface area (TPSA) is 59.1 Å². The molecule has 6 heteroatoms. The number of allylic oxidation sites excluding steroid dienone is 2. The maximum Gasteiger partial charge on any atom is 0.232 e. The first kappa shape index (κ1) is 22.9. The van der Waals surface area contributed by atoms with E-state index in [4.69, 9.17) is 9.47 Å². The van der Waals surface area contributed by atoms with Gasteiger partial charge in [-0.15, -0.1) is 0 Å². The molecule has 0 fully saturated rings. The number of hydrogen-bond donors (Lipinski definition) is 0. The Morgan fingerprint density at radius 2 is 1.58 bits per heavy atom. The minimum atomic E-state index is -0.213. The summed E-state index contributed by atoms with van der Waals surface area (Å²) in [4.78, 5) is 30.6.